The van der Waals surface area contributed by atoms with Crippen LogP contribution in [0.15, 0.2) is 169 Å². The molecule has 1 aliphatic heterocycles. The second-order valence-corrected chi connectivity index (χ2v) is 14.6. The Kier molecular flexibility index (Phi) is 8.16. The summed E-state index contributed by atoms with van der Waals surface area (Å²) in [5.74, 6) is 0. The number of nitrogens with zero attached hydrogens (tertiary/aromatic N) is 2. The fraction of sp³-hybridized carbons (Fsp3) is 0.184. The molecule has 2 heterocycles. The zero-order chi connectivity index (χ0) is 34.2. The van der Waals surface area contributed by atoms with Gasteiger partial charge in [0.2, 0.25) is 0 Å². The van der Waals surface area contributed by atoms with E-state index in [0.717, 1.165) is 55.5 Å². The van der Waals surface area contributed by atoms with Crippen LogP contribution in [0, 0.1) is 5.41 Å². The fourth-order valence-corrected chi connectivity index (χ4v) is 8.39. The quantitative estimate of drug-likeness (QED) is 0.202. The minimum absolute atomic E-state index is 0.0626. The number of pyridine rings is 1. The topological polar surface area (TPSA) is 25.2 Å². The lowest BCUT2D eigenvalue weighted by atomic mass is 9.69. The van der Waals surface area contributed by atoms with Crippen LogP contribution in [0.2, 0.25) is 0 Å². The van der Waals surface area contributed by atoms with Crippen molar-refractivity contribution in [3.8, 4) is 11.3 Å². The SMILES string of the molecule is CC12C=CC=CC1=c1ccccc1=C(c1cc(C3=CC(C4=CC=CCC4)=NC(c4ccccc4)C3)cc(-c3ccc(C4=CCCC=C4)cn3)c1)C2. The minimum Gasteiger partial charge on any atom is -0.277 e. The van der Waals surface area contributed by atoms with Crippen molar-refractivity contribution >= 4 is 28.0 Å². The van der Waals surface area contributed by atoms with E-state index in [0.29, 0.717) is 0 Å². The molecule has 0 N–H and O–H groups in total. The van der Waals surface area contributed by atoms with Gasteiger partial charge in [0, 0.05) is 17.2 Å². The number of allylic oxidation sites excluding steroid dienone is 13. The maximum atomic E-state index is 5.38. The van der Waals surface area contributed by atoms with Gasteiger partial charge in [-0.25, -0.2) is 0 Å². The molecule has 0 saturated carbocycles. The summed E-state index contributed by atoms with van der Waals surface area (Å²) in [6.07, 6.45) is 33.1. The van der Waals surface area contributed by atoms with E-state index in [4.69, 9.17) is 9.98 Å². The summed E-state index contributed by atoms with van der Waals surface area (Å²) in [5, 5.41) is 2.66. The molecule has 4 aromatic rings. The van der Waals surface area contributed by atoms with Gasteiger partial charge in [-0.1, -0.05) is 128 Å². The molecular weight excluding hydrogens is 617 g/mol. The van der Waals surface area contributed by atoms with Crippen molar-refractivity contribution in [1.82, 2.24) is 4.98 Å². The lowest BCUT2D eigenvalue weighted by Gasteiger charge is -2.34. The van der Waals surface area contributed by atoms with Crippen molar-refractivity contribution in [3.63, 3.8) is 0 Å². The summed E-state index contributed by atoms with van der Waals surface area (Å²) in [7, 11) is 0. The van der Waals surface area contributed by atoms with Crippen molar-refractivity contribution in [1.29, 1.82) is 0 Å². The van der Waals surface area contributed by atoms with Gasteiger partial charge < -0.3 is 0 Å². The Balaban J connectivity index is 1.23. The highest BCUT2D eigenvalue weighted by atomic mass is 14.8. The van der Waals surface area contributed by atoms with E-state index < -0.39 is 0 Å². The number of fused-ring (bicyclic) bond motifs is 2. The first-order chi connectivity index (χ1) is 25.1. The van der Waals surface area contributed by atoms with E-state index in [-0.39, 0.29) is 11.5 Å². The normalized spacial score (nSPS) is 22.1. The van der Waals surface area contributed by atoms with Crippen LogP contribution in [0.1, 0.15) is 73.7 Å². The molecule has 0 amide bonds. The molecule has 2 nitrogen and oxygen atoms in total. The second-order valence-electron chi connectivity index (χ2n) is 14.6. The first-order valence-electron chi connectivity index (χ1n) is 18.5. The first-order valence-corrected chi connectivity index (χ1v) is 18.5. The van der Waals surface area contributed by atoms with Crippen LogP contribution in [0.5, 0.6) is 0 Å². The van der Waals surface area contributed by atoms with Crippen LogP contribution in [0.25, 0.3) is 33.5 Å². The van der Waals surface area contributed by atoms with Gasteiger partial charge in [-0.3, -0.25) is 9.98 Å². The van der Waals surface area contributed by atoms with Gasteiger partial charge in [-0.05, 0) is 129 Å². The van der Waals surface area contributed by atoms with Gasteiger partial charge in [0.25, 0.3) is 0 Å². The van der Waals surface area contributed by atoms with Crippen molar-refractivity contribution in [2.45, 2.75) is 51.5 Å². The summed E-state index contributed by atoms with van der Waals surface area (Å²) in [4.78, 5) is 10.5. The molecule has 5 aliphatic rings. The minimum atomic E-state index is -0.0704. The zero-order valence-electron chi connectivity index (χ0n) is 29.2. The van der Waals surface area contributed by atoms with Crippen LogP contribution in [-0.4, -0.2) is 10.7 Å². The van der Waals surface area contributed by atoms with Gasteiger partial charge in [0.05, 0.1) is 17.4 Å². The first kappa shape index (κ1) is 31.4. The molecule has 0 fully saturated rings. The van der Waals surface area contributed by atoms with E-state index >= 15 is 0 Å². The average Bonchev–Trinajstić information content (AvgIpc) is 3.21. The zero-order valence-corrected chi connectivity index (χ0v) is 29.2. The Morgan fingerprint density at radius 3 is 2.35 bits per heavy atom. The number of aliphatic imine (C=N–C) groups is 1. The van der Waals surface area contributed by atoms with E-state index in [1.165, 1.54) is 60.6 Å². The maximum Gasteiger partial charge on any atom is 0.0796 e. The molecule has 51 heavy (non-hydrogen) atoms. The number of hydrogen-bond acceptors (Lipinski definition) is 2. The highest BCUT2D eigenvalue weighted by Crippen LogP contribution is 2.44. The molecule has 248 valence electrons. The van der Waals surface area contributed by atoms with Crippen LogP contribution in [0.4, 0.5) is 0 Å². The molecule has 2 heteroatoms. The van der Waals surface area contributed by atoms with Crippen LogP contribution < -0.4 is 10.4 Å². The monoisotopic (exact) mass is 658 g/mol. The second kappa shape index (κ2) is 13.3. The smallest absolute Gasteiger partial charge is 0.0796 e. The molecule has 0 bridgehead atoms. The van der Waals surface area contributed by atoms with Gasteiger partial charge in [0.1, 0.15) is 0 Å². The molecule has 0 spiro atoms. The van der Waals surface area contributed by atoms with Gasteiger partial charge in [-0.15, -0.1) is 0 Å². The largest absolute Gasteiger partial charge is 0.277 e. The Hall–Kier alpha value is -5.60. The Morgan fingerprint density at radius 2 is 1.55 bits per heavy atom. The van der Waals surface area contributed by atoms with Gasteiger partial charge in [0.15, 0.2) is 0 Å². The summed E-state index contributed by atoms with van der Waals surface area (Å²) in [6.45, 7) is 2.39. The number of hydrogen-bond donors (Lipinski definition) is 0. The molecule has 2 unspecified atom stereocenters. The number of dihydropyridines is 1. The van der Waals surface area contributed by atoms with Crippen molar-refractivity contribution in [2.24, 2.45) is 10.4 Å². The molecule has 0 saturated heterocycles. The lowest BCUT2D eigenvalue weighted by Crippen LogP contribution is -2.39. The van der Waals surface area contributed by atoms with Crippen LogP contribution in [0.3, 0.4) is 0 Å². The summed E-state index contributed by atoms with van der Waals surface area (Å²) in [6, 6.07) is 31.5. The summed E-state index contributed by atoms with van der Waals surface area (Å²) >= 11 is 0. The van der Waals surface area contributed by atoms with Crippen LogP contribution >= 0.6 is 0 Å². The number of rotatable bonds is 6. The molecule has 0 radical (unpaired) electrons. The van der Waals surface area contributed by atoms with E-state index in [2.05, 4.69) is 159 Å². The number of benzene rings is 3. The van der Waals surface area contributed by atoms with Crippen molar-refractivity contribution in [3.05, 3.63) is 196 Å². The molecule has 2 atom stereocenters. The molecule has 3 aromatic carbocycles. The Morgan fingerprint density at radius 1 is 0.706 bits per heavy atom. The maximum absolute atomic E-state index is 5.38. The number of aromatic nitrogens is 1. The van der Waals surface area contributed by atoms with Gasteiger partial charge in [-0.2, -0.15) is 0 Å². The lowest BCUT2D eigenvalue weighted by molar-refractivity contribution is 0.582. The molecule has 4 aliphatic carbocycles. The molecule has 9 rings (SSSR count). The van der Waals surface area contributed by atoms with Gasteiger partial charge >= 0.3 is 0 Å². The molecular formula is C49H42N2. The Labute approximate surface area is 301 Å². The average molecular weight is 659 g/mol. The highest BCUT2D eigenvalue weighted by molar-refractivity contribution is 6.13. The highest BCUT2D eigenvalue weighted by Gasteiger charge is 2.32. The van der Waals surface area contributed by atoms with E-state index in [1.54, 1.807) is 0 Å². The summed E-state index contributed by atoms with van der Waals surface area (Å²) < 4.78 is 0. The fourth-order valence-electron chi connectivity index (χ4n) is 8.39. The van der Waals surface area contributed by atoms with Crippen LogP contribution in [-0.2, 0) is 0 Å². The Bertz CT molecular complexity index is 2410. The third-order valence-corrected chi connectivity index (χ3v) is 11.1. The standard InChI is InChI=1S/C49H42N2/c1-49-26-14-13-23-45(49)43-22-12-11-21-42(43)44(32-49)40-27-38(28-41(29-40)46-25-24-37(33-50-46)34-15-5-2-6-16-34)39-30-47(35-17-7-3-8-18-35)51-48(31-39)36-19-9-4-10-20-36/h3-5,7-9,11-19,21-29,31,33,47H,2,6,10,20,30,32H2,1H3. The third kappa shape index (κ3) is 6.10. The van der Waals surface area contributed by atoms with E-state index in [9.17, 15) is 0 Å². The van der Waals surface area contributed by atoms with E-state index in [1.807, 2.05) is 6.20 Å². The van der Waals surface area contributed by atoms with Crippen molar-refractivity contribution < 1.29 is 0 Å². The predicted octanol–water partition coefficient (Wildman–Crippen LogP) is 10.6. The predicted molar refractivity (Wildman–Crippen MR) is 214 cm³/mol. The third-order valence-electron chi connectivity index (χ3n) is 11.1. The summed E-state index contributed by atoms with van der Waals surface area (Å²) in [5.41, 5.74) is 14.8. The van der Waals surface area contributed by atoms with Crippen molar-refractivity contribution in [2.75, 3.05) is 0 Å². The molecule has 1 aromatic heterocycles.